The second-order valence-electron chi connectivity index (χ2n) is 4.66. The number of rotatable bonds is 8. The highest BCUT2D eigenvalue weighted by Crippen LogP contribution is 2.19. The quantitative estimate of drug-likeness (QED) is 0.803. The van der Waals surface area contributed by atoms with Gasteiger partial charge in [-0.15, -0.1) is 0 Å². The third-order valence-electron chi connectivity index (χ3n) is 3.32. The number of amides is 1. The monoisotopic (exact) mass is 300 g/mol. The van der Waals surface area contributed by atoms with Crippen LogP contribution in [0.3, 0.4) is 0 Å². The summed E-state index contributed by atoms with van der Waals surface area (Å²) in [7, 11) is 0. The average Bonchev–Trinajstić information content (AvgIpc) is 2.46. The number of nitrogens with zero attached hydrogens (tertiary/aromatic N) is 1. The third-order valence-corrected chi connectivity index (χ3v) is 3.32. The molecule has 1 aromatic rings. The molecule has 4 nitrogen and oxygen atoms in total. The van der Waals surface area contributed by atoms with Crippen molar-refractivity contribution >= 4 is 5.91 Å². The molecular formula is C15H22F2N2O2. The van der Waals surface area contributed by atoms with E-state index in [-0.39, 0.29) is 17.7 Å². The average molecular weight is 300 g/mol. The van der Waals surface area contributed by atoms with Crippen LogP contribution in [-0.4, -0.2) is 36.5 Å². The molecule has 0 aromatic heterocycles. The van der Waals surface area contributed by atoms with Crippen molar-refractivity contribution < 1.29 is 18.3 Å². The van der Waals surface area contributed by atoms with E-state index in [9.17, 15) is 13.6 Å². The lowest BCUT2D eigenvalue weighted by atomic mass is 10.1. The molecule has 0 aliphatic rings. The van der Waals surface area contributed by atoms with Crippen LogP contribution in [0, 0.1) is 0 Å². The minimum absolute atomic E-state index is 0.0203. The number of benzene rings is 1. The van der Waals surface area contributed by atoms with Gasteiger partial charge >= 0.3 is 6.61 Å². The first-order valence-electron chi connectivity index (χ1n) is 7.09. The Morgan fingerprint density at radius 2 is 2.00 bits per heavy atom. The summed E-state index contributed by atoms with van der Waals surface area (Å²) in [5.74, 6) is -0.234. The van der Waals surface area contributed by atoms with E-state index in [1.807, 2.05) is 13.8 Å². The van der Waals surface area contributed by atoms with E-state index in [4.69, 9.17) is 5.73 Å². The summed E-state index contributed by atoms with van der Waals surface area (Å²) in [4.78, 5) is 14.3. The lowest BCUT2D eigenvalue weighted by Crippen LogP contribution is -2.42. The molecule has 0 atom stereocenters. The second kappa shape index (κ2) is 8.56. The molecule has 6 heteroatoms. The Kier molecular flexibility index (Phi) is 7.08. The van der Waals surface area contributed by atoms with Crippen molar-refractivity contribution in [3.05, 3.63) is 29.8 Å². The zero-order valence-electron chi connectivity index (χ0n) is 12.4. The van der Waals surface area contributed by atoms with Crippen LogP contribution in [0.25, 0.3) is 0 Å². The van der Waals surface area contributed by atoms with E-state index in [1.165, 1.54) is 18.2 Å². The maximum Gasteiger partial charge on any atom is 0.387 e. The minimum Gasteiger partial charge on any atom is -0.435 e. The number of alkyl halides is 2. The van der Waals surface area contributed by atoms with E-state index in [2.05, 4.69) is 4.74 Å². The molecule has 0 fully saturated rings. The molecule has 0 aliphatic carbocycles. The molecule has 21 heavy (non-hydrogen) atoms. The Morgan fingerprint density at radius 3 is 2.52 bits per heavy atom. The number of hydrogen-bond donors (Lipinski definition) is 1. The molecule has 1 amide bonds. The zero-order chi connectivity index (χ0) is 15.8. The van der Waals surface area contributed by atoms with Crippen LogP contribution in [0.4, 0.5) is 8.78 Å². The van der Waals surface area contributed by atoms with Crippen LogP contribution in [0.2, 0.25) is 0 Å². The van der Waals surface area contributed by atoms with Crippen molar-refractivity contribution in [3.8, 4) is 5.75 Å². The smallest absolute Gasteiger partial charge is 0.387 e. The van der Waals surface area contributed by atoms with Gasteiger partial charge in [-0.1, -0.05) is 19.9 Å². The molecule has 118 valence electrons. The maximum atomic E-state index is 12.6. The summed E-state index contributed by atoms with van der Waals surface area (Å²) in [6.45, 7) is 1.89. The standard InChI is InChI=1S/C15H22F2N2O2/c1-3-12(4-2)19(9-8-18)14(20)11-6-5-7-13(10-11)21-15(16)17/h5-7,10,12,15H,3-4,8-9,18H2,1-2H3. The minimum atomic E-state index is -2.91. The highest BCUT2D eigenvalue weighted by molar-refractivity contribution is 5.94. The van der Waals surface area contributed by atoms with Gasteiger partial charge in [0.1, 0.15) is 5.75 Å². The highest BCUT2D eigenvalue weighted by atomic mass is 19.3. The Hall–Kier alpha value is -1.69. The molecular weight excluding hydrogens is 278 g/mol. The molecule has 0 heterocycles. The van der Waals surface area contributed by atoms with Gasteiger partial charge in [0, 0.05) is 24.7 Å². The molecule has 2 N–H and O–H groups in total. The van der Waals surface area contributed by atoms with Crippen molar-refractivity contribution in [2.75, 3.05) is 13.1 Å². The Labute approximate surface area is 123 Å². The molecule has 1 aromatic carbocycles. The largest absolute Gasteiger partial charge is 0.435 e. The fourth-order valence-corrected chi connectivity index (χ4v) is 2.29. The zero-order valence-corrected chi connectivity index (χ0v) is 12.4. The maximum absolute atomic E-state index is 12.6. The van der Waals surface area contributed by atoms with Crippen LogP contribution in [0.1, 0.15) is 37.0 Å². The van der Waals surface area contributed by atoms with E-state index in [0.717, 1.165) is 12.8 Å². The Bertz CT molecular complexity index is 451. The summed E-state index contributed by atoms with van der Waals surface area (Å²) < 4.78 is 28.8. The molecule has 0 saturated carbocycles. The molecule has 1 rings (SSSR count). The van der Waals surface area contributed by atoms with Crippen molar-refractivity contribution in [2.45, 2.75) is 39.3 Å². The number of halogens is 2. The summed E-state index contributed by atoms with van der Waals surface area (Å²) in [5.41, 5.74) is 5.90. The molecule has 0 saturated heterocycles. The first-order valence-corrected chi connectivity index (χ1v) is 7.09. The van der Waals surface area contributed by atoms with Crippen LogP contribution in [0.5, 0.6) is 5.75 Å². The summed E-state index contributed by atoms with van der Waals surface area (Å²) in [6.07, 6.45) is 1.63. The van der Waals surface area contributed by atoms with Crippen LogP contribution in [-0.2, 0) is 0 Å². The first-order chi connectivity index (χ1) is 10.0. The third kappa shape index (κ3) is 4.97. The summed E-state index contributed by atoms with van der Waals surface area (Å²) >= 11 is 0. The van der Waals surface area contributed by atoms with E-state index < -0.39 is 6.61 Å². The van der Waals surface area contributed by atoms with Gasteiger partial charge in [0.05, 0.1) is 0 Å². The van der Waals surface area contributed by atoms with Gasteiger partial charge in [-0.05, 0) is 31.0 Å². The molecule has 0 unspecified atom stereocenters. The molecule has 0 aliphatic heterocycles. The van der Waals surface area contributed by atoms with Gasteiger partial charge in [-0.2, -0.15) is 8.78 Å². The lowest BCUT2D eigenvalue weighted by Gasteiger charge is -2.30. The second-order valence-corrected chi connectivity index (χ2v) is 4.66. The molecule has 0 bridgehead atoms. The number of hydrogen-bond acceptors (Lipinski definition) is 3. The van der Waals surface area contributed by atoms with Crippen molar-refractivity contribution in [2.24, 2.45) is 5.73 Å². The highest BCUT2D eigenvalue weighted by Gasteiger charge is 2.22. The van der Waals surface area contributed by atoms with Gasteiger partial charge in [-0.25, -0.2) is 0 Å². The predicted molar refractivity (Wildman–Crippen MR) is 77.5 cm³/mol. The molecule has 0 spiro atoms. The van der Waals surface area contributed by atoms with Gasteiger partial charge in [0.25, 0.3) is 5.91 Å². The Morgan fingerprint density at radius 1 is 1.33 bits per heavy atom. The Balaban J connectivity index is 2.97. The topological polar surface area (TPSA) is 55.6 Å². The van der Waals surface area contributed by atoms with Gasteiger partial charge in [0.15, 0.2) is 0 Å². The van der Waals surface area contributed by atoms with Crippen LogP contribution in [0.15, 0.2) is 24.3 Å². The van der Waals surface area contributed by atoms with Crippen molar-refractivity contribution in [1.82, 2.24) is 4.90 Å². The van der Waals surface area contributed by atoms with Crippen LogP contribution >= 0.6 is 0 Å². The first kappa shape index (κ1) is 17.4. The number of nitrogens with two attached hydrogens (primary N) is 1. The van der Waals surface area contributed by atoms with Gasteiger partial charge in [0.2, 0.25) is 0 Å². The summed E-state index contributed by atoms with van der Waals surface area (Å²) in [6, 6.07) is 5.93. The van der Waals surface area contributed by atoms with Gasteiger partial charge in [-0.3, -0.25) is 4.79 Å². The van der Waals surface area contributed by atoms with E-state index >= 15 is 0 Å². The van der Waals surface area contributed by atoms with Crippen molar-refractivity contribution in [3.63, 3.8) is 0 Å². The SMILES string of the molecule is CCC(CC)N(CCN)C(=O)c1cccc(OC(F)F)c1. The number of carbonyl (C=O) groups is 1. The van der Waals surface area contributed by atoms with Crippen molar-refractivity contribution in [1.29, 1.82) is 0 Å². The predicted octanol–water partition coefficient (Wildman–Crippen LogP) is 2.88. The van der Waals surface area contributed by atoms with Gasteiger partial charge < -0.3 is 15.4 Å². The number of ether oxygens (including phenoxy) is 1. The molecule has 0 radical (unpaired) electrons. The number of carbonyl (C=O) groups excluding carboxylic acids is 1. The fourth-order valence-electron chi connectivity index (χ4n) is 2.29. The fraction of sp³-hybridized carbons (Fsp3) is 0.533. The summed E-state index contributed by atoms with van der Waals surface area (Å²) in [5, 5.41) is 0. The van der Waals surface area contributed by atoms with E-state index in [0.29, 0.717) is 18.7 Å². The van der Waals surface area contributed by atoms with E-state index in [1.54, 1.807) is 11.0 Å². The lowest BCUT2D eigenvalue weighted by molar-refractivity contribution is -0.0499. The normalized spacial score (nSPS) is 11.0. The van der Waals surface area contributed by atoms with Crippen LogP contribution < -0.4 is 10.5 Å².